The summed E-state index contributed by atoms with van der Waals surface area (Å²) in [7, 11) is 3.22. The molecule has 0 aliphatic carbocycles. The van der Waals surface area contributed by atoms with Gasteiger partial charge in [-0.15, -0.1) is 0 Å². The Morgan fingerprint density at radius 3 is 2.83 bits per heavy atom. The second kappa shape index (κ2) is 6.76. The minimum Gasteiger partial charge on any atom is -0.493 e. The first-order chi connectivity index (χ1) is 10.7. The van der Waals surface area contributed by atoms with Gasteiger partial charge in [0.05, 0.1) is 32.6 Å². The van der Waals surface area contributed by atoms with Gasteiger partial charge in [0.1, 0.15) is 17.4 Å². The molecule has 1 saturated heterocycles. The molecule has 1 aromatic heterocycles. The van der Waals surface area contributed by atoms with Crippen LogP contribution in [0.5, 0.6) is 5.75 Å². The Labute approximate surface area is 135 Å². The average molecular weight is 327 g/mol. The normalized spacial score (nSPS) is 20.3. The van der Waals surface area contributed by atoms with Crippen molar-refractivity contribution in [3.8, 4) is 5.75 Å². The predicted molar refractivity (Wildman–Crippen MR) is 82.3 cm³/mol. The molecule has 1 aliphatic heterocycles. The van der Waals surface area contributed by atoms with Gasteiger partial charge in [-0.05, 0) is 20.8 Å². The summed E-state index contributed by atoms with van der Waals surface area (Å²) in [5.74, 6) is 0.467. The van der Waals surface area contributed by atoms with Gasteiger partial charge in [0.15, 0.2) is 5.75 Å². The van der Waals surface area contributed by atoms with Crippen molar-refractivity contribution in [1.82, 2.24) is 14.7 Å². The zero-order chi connectivity index (χ0) is 17.2. The van der Waals surface area contributed by atoms with Gasteiger partial charge in [-0.3, -0.25) is 9.58 Å². The molecule has 8 heteroatoms. The average Bonchev–Trinajstić information content (AvgIpc) is 2.85. The zero-order valence-corrected chi connectivity index (χ0v) is 14.3. The number of ether oxygens (including phenoxy) is 3. The maximum atomic E-state index is 12.4. The Balaban J connectivity index is 2.23. The van der Waals surface area contributed by atoms with Gasteiger partial charge >= 0.3 is 6.09 Å². The predicted octanol–water partition coefficient (Wildman–Crippen LogP) is 1.10. The van der Waals surface area contributed by atoms with Gasteiger partial charge in [-0.25, -0.2) is 4.79 Å². The maximum Gasteiger partial charge on any atom is 0.410 e. The van der Waals surface area contributed by atoms with Crippen LogP contribution in [0.15, 0.2) is 6.20 Å². The van der Waals surface area contributed by atoms with Crippen LogP contribution < -0.4 is 4.74 Å². The van der Waals surface area contributed by atoms with Crippen molar-refractivity contribution < 1.29 is 24.1 Å². The van der Waals surface area contributed by atoms with E-state index >= 15 is 0 Å². The number of rotatable bonds is 3. The number of aryl methyl sites for hydroxylation is 1. The van der Waals surface area contributed by atoms with Gasteiger partial charge in [0.25, 0.3) is 0 Å². The number of hydrogen-bond acceptors (Lipinski definition) is 6. The Hall–Kier alpha value is -1.80. The van der Waals surface area contributed by atoms with Crippen LogP contribution >= 0.6 is 0 Å². The van der Waals surface area contributed by atoms with Crippen molar-refractivity contribution in [3.63, 3.8) is 0 Å². The van der Waals surface area contributed by atoms with Crippen LogP contribution in [0.25, 0.3) is 0 Å². The van der Waals surface area contributed by atoms with Gasteiger partial charge in [0.2, 0.25) is 0 Å². The first kappa shape index (κ1) is 17.6. The van der Waals surface area contributed by atoms with Crippen LogP contribution in [0, 0.1) is 0 Å². The molecule has 130 valence electrons. The lowest BCUT2D eigenvalue weighted by atomic mass is 10.1. The summed E-state index contributed by atoms with van der Waals surface area (Å²) in [5, 5.41) is 14.9. The van der Waals surface area contributed by atoms with E-state index in [0.717, 1.165) is 0 Å². The highest BCUT2D eigenvalue weighted by molar-refractivity contribution is 5.69. The molecule has 2 rings (SSSR count). The van der Waals surface area contributed by atoms with E-state index in [9.17, 15) is 9.90 Å². The molecule has 1 aliphatic rings. The van der Waals surface area contributed by atoms with Gasteiger partial charge in [-0.2, -0.15) is 5.10 Å². The first-order valence-electron chi connectivity index (χ1n) is 7.56. The summed E-state index contributed by atoms with van der Waals surface area (Å²) < 4.78 is 17.6. The largest absolute Gasteiger partial charge is 0.493 e. The van der Waals surface area contributed by atoms with E-state index in [1.807, 2.05) is 0 Å². The molecular weight excluding hydrogens is 302 g/mol. The zero-order valence-electron chi connectivity index (χ0n) is 14.3. The lowest BCUT2D eigenvalue weighted by Gasteiger charge is -2.38. The lowest BCUT2D eigenvalue weighted by Crippen LogP contribution is -2.53. The van der Waals surface area contributed by atoms with Crippen LogP contribution in [0.2, 0.25) is 0 Å². The molecule has 1 fully saturated rings. The Bertz CT molecular complexity index is 552. The monoisotopic (exact) mass is 327 g/mol. The van der Waals surface area contributed by atoms with Crippen molar-refractivity contribution in [3.05, 3.63) is 11.9 Å². The maximum absolute atomic E-state index is 12.4. The molecule has 0 spiro atoms. The van der Waals surface area contributed by atoms with Crippen LogP contribution in [-0.2, 0) is 16.5 Å². The van der Waals surface area contributed by atoms with Crippen molar-refractivity contribution in [1.29, 1.82) is 0 Å². The second-order valence-electron chi connectivity index (χ2n) is 6.48. The van der Waals surface area contributed by atoms with Gasteiger partial charge in [0, 0.05) is 13.6 Å². The van der Waals surface area contributed by atoms with Crippen molar-refractivity contribution >= 4 is 6.09 Å². The lowest BCUT2D eigenvalue weighted by molar-refractivity contribution is -0.0691. The van der Waals surface area contributed by atoms with Crippen LogP contribution in [0.1, 0.15) is 32.6 Å². The third kappa shape index (κ3) is 3.94. The molecule has 0 aromatic carbocycles. The van der Waals surface area contributed by atoms with Crippen LogP contribution in [-0.4, -0.2) is 64.4 Å². The summed E-state index contributed by atoms with van der Waals surface area (Å²) in [6.07, 6.45) is 0.0660. The number of aromatic nitrogens is 2. The molecule has 0 radical (unpaired) electrons. The number of nitrogens with zero attached hydrogens (tertiary/aromatic N) is 3. The molecule has 1 amide bonds. The van der Waals surface area contributed by atoms with E-state index in [1.54, 1.807) is 27.8 Å². The van der Waals surface area contributed by atoms with E-state index in [2.05, 4.69) is 5.10 Å². The van der Waals surface area contributed by atoms with Crippen LogP contribution in [0.4, 0.5) is 4.79 Å². The molecule has 8 nitrogen and oxygen atoms in total. The molecule has 1 N–H and O–H groups in total. The highest BCUT2D eigenvalue weighted by atomic mass is 16.6. The molecular formula is C15H25N3O5. The number of aliphatic hydroxyl groups is 1. The molecule has 2 heterocycles. The van der Waals surface area contributed by atoms with Gasteiger partial charge < -0.3 is 19.3 Å². The van der Waals surface area contributed by atoms with Crippen molar-refractivity contribution in [2.24, 2.45) is 7.05 Å². The molecule has 1 aromatic rings. The Morgan fingerprint density at radius 1 is 1.52 bits per heavy atom. The fourth-order valence-corrected chi connectivity index (χ4v) is 2.54. The second-order valence-corrected chi connectivity index (χ2v) is 6.48. The summed E-state index contributed by atoms with van der Waals surface area (Å²) in [4.78, 5) is 13.9. The molecule has 0 saturated carbocycles. The topological polar surface area (TPSA) is 86.1 Å². The van der Waals surface area contributed by atoms with E-state index in [4.69, 9.17) is 14.2 Å². The van der Waals surface area contributed by atoms with E-state index in [1.165, 1.54) is 22.9 Å². The van der Waals surface area contributed by atoms with E-state index in [-0.39, 0.29) is 6.61 Å². The summed E-state index contributed by atoms with van der Waals surface area (Å²) in [6.45, 7) is 6.40. The first-order valence-corrected chi connectivity index (χ1v) is 7.56. The molecule has 0 bridgehead atoms. The SMILES string of the molecule is COc1cnn(C)c1C(O)C1COCCN1C(=O)OC(C)(C)C. The Kier molecular flexibility index (Phi) is 5.16. The number of amides is 1. The van der Waals surface area contributed by atoms with Crippen molar-refractivity contribution in [2.75, 3.05) is 26.9 Å². The van der Waals surface area contributed by atoms with Crippen LogP contribution in [0.3, 0.4) is 0 Å². The number of methoxy groups -OCH3 is 1. The quantitative estimate of drug-likeness (QED) is 0.895. The Morgan fingerprint density at radius 2 is 2.22 bits per heavy atom. The van der Waals surface area contributed by atoms with Crippen molar-refractivity contribution in [2.45, 2.75) is 38.5 Å². The van der Waals surface area contributed by atoms with E-state index < -0.39 is 23.8 Å². The minimum absolute atomic E-state index is 0.217. The number of carbonyl (C=O) groups is 1. The molecule has 2 unspecified atom stereocenters. The molecule has 2 atom stereocenters. The summed E-state index contributed by atoms with van der Waals surface area (Å²) in [6, 6.07) is -0.567. The smallest absolute Gasteiger partial charge is 0.410 e. The highest BCUT2D eigenvalue weighted by Gasteiger charge is 2.38. The number of carbonyl (C=O) groups excluding carboxylic acids is 1. The van der Waals surface area contributed by atoms with Gasteiger partial charge in [-0.1, -0.05) is 0 Å². The third-order valence-electron chi connectivity index (χ3n) is 3.61. The van der Waals surface area contributed by atoms with E-state index in [0.29, 0.717) is 24.6 Å². The summed E-state index contributed by atoms with van der Waals surface area (Å²) in [5.41, 5.74) is -0.105. The molecule has 23 heavy (non-hydrogen) atoms. The summed E-state index contributed by atoms with van der Waals surface area (Å²) >= 11 is 0. The highest BCUT2D eigenvalue weighted by Crippen LogP contribution is 2.30. The number of aliphatic hydroxyl groups excluding tert-OH is 1. The fraction of sp³-hybridized carbons (Fsp3) is 0.733. The third-order valence-corrected chi connectivity index (χ3v) is 3.61. The minimum atomic E-state index is -0.995. The fourth-order valence-electron chi connectivity index (χ4n) is 2.54. The number of hydrogen-bond donors (Lipinski definition) is 1. The number of morpholine rings is 1. The standard InChI is InChI=1S/C15H25N3O5/c1-15(2,3)23-14(20)18-6-7-22-9-10(18)13(19)12-11(21-5)8-16-17(12)4/h8,10,13,19H,6-7,9H2,1-5H3.